The van der Waals surface area contributed by atoms with Crippen LogP contribution in [-0.2, 0) is 28.7 Å². The summed E-state index contributed by atoms with van der Waals surface area (Å²) in [5, 5.41) is 12.5. The number of aliphatic hydroxyl groups excluding tert-OH is 1. The van der Waals surface area contributed by atoms with Gasteiger partial charge >= 0.3 is 5.97 Å². The summed E-state index contributed by atoms with van der Waals surface area (Å²) in [7, 11) is 0. The molecule has 1 aliphatic carbocycles. The molecule has 47 heavy (non-hydrogen) atoms. The van der Waals surface area contributed by atoms with Gasteiger partial charge in [0, 0.05) is 32.2 Å². The van der Waals surface area contributed by atoms with Crippen LogP contribution in [-0.4, -0.2) is 88.1 Å². The van der Waals surface area contributed by atoms with Gasteiger partial charge in [-0.25, -0.2) is 0 Å². The topological polar surface area (TPSA) is 125 Å². The minimum absolute atomic E-state index is 0.0173. The highest BCUT2D eigenvalue weighted by atomic mass is 16.6. The van der Waals surface area contributed by atoms with E-state index < -0.39 is 47.7 Å². The van der Waals surface area contributed by atoms with Crippen LogP contribution in [0.4, 0.5) is 0 Å². The minimum atomic E-state index is -1.14. The number of unbranched alkanes of at least 4 members (excludes halogenated alkanes) is 1. The fourth-order valence-corrected chi connectivity index (χ4v) is 8.38. The summed E-state index contributed by atoms with van der Waals surface area (Å²) in [6, 6.07) is 7.91. The monoisotopic (exact) mass is 649 g/mol. The average molecular weight is 650 g/mol. The van der Waals surface area contributed by atoms with Crippen molar-refractivity contribution in [2.24, 2.45) is 11.8 Å². The highest BCUT2D eigenvalue weighted by Crippen LogP contribution is 2.59. The van der Waals surface area contributed by atoms with Crippen molar-refractivity contribution >= 4 is 23.7 Å². The fraction of sp³-hybridized carbons (Fsp3) is 0.622. The van der Waals surface area contributed by atoms with Gasteiger partial charge in [0.1, 0.15) is 17.7 Å². The van der Waals surface area contributed by atoms with Gasteiger partial charge in [-0.05, 0) is 57.4 Å². The van der Waals surface area contributed by atoms with Crippen molar-refractivity contribution in [2.75, 3.05) is 19.7 Å². The SMILES string of the molecule is C=CCCC(=O)N[C@H](C)[C@@H](OC(=O)[C@@H]1[C@@H]2CC[C@]3(O2)[C@H](C(=O)N(CC=C)C2CCCCC2)N(CCCCO)C(=O)[C@@H]13)c1ccccc1. The van der Waals surface area contributed by atoms with Crippen LogP contribution in [0.5, 0.6) is 0 Å². The van der Waals surface area contributed by atoms with Crippen molar-refractivity contribution in [2.45, 2.75) is 113 Å². The average Bonchev–Trinajstić information content (AvgIpc) is 3.73. The first-order valence-corrected chi connectivity index (χ1v) is 17.4. The molecule has 3 heterocycles. The van der Waals surface area contributed by atoms with Crippen LogP contribution in [0.2, 0.25) is 0 Å². The molecule has 10 nitrogen and oxygen atoms in total. The third kappa shape index (κ3) is 7.04. The molecule has 0 unspecified atom stereocenters. The Morgan fingerprint density at radius 3 is 2.55 bits per heavy atom. The van der Waals surface area contributed by atoms with E-state index in [1.54, 1.807) is 24.0 Å². The predicted octanol–water partition coefficient (Wildman–Crippen LogP) is 4.24. The number of hydrogen-bond donors (Lipinski definition) is 2. The van der Waals surface area contributed by atoms with E-state index in [4.69, 9.17) is 9.47 Å². The number of aliphatic hydroxyl groups is 1. The Hall–Kier alpha value is -3.50. The number of hydrogen-bond acceptors (Lipinski definition) is 7. The van der Waals surface area contributed by atoms with Gasteiger partial charge in [0.15, 0.2) is 0 Å². The number of fused-ring (bicyclic) bond motifs is 1. The number of rotatable bonds is 16. The summed E-state index contributed by atoms with van der Waals surface area (Å²) in [6.07, 6.45) is 9.96. The highest BCUT2D eigenvalue weighted by molar-refractivity contribution is 5.98. The molecule has 0 aromatic heterocycles. The van der Waals surface area contributed by atoms with E-state index in [0.717, 1.165) is 37.7 Å². The van der Waals surface area contributed by atoms with Gasteiger partial charge in [-0.15, -0.1) is 13.2 Å². The summed E-state index contributed by atoms with van der Waals surface area (Å²) in [4.78, 5) is 59.4. The van der Waals surface area contributed by atoms with Crippen molar-refractivity contribution in [1.29, 1.82) is 0 Å². The van der Waals surface area contributed by atoms with Crippen LogP contribution in [0, 0.1) is 11.8 Å². The van der Waals surface area contributed by atoms with E-state index in [0.29, 0.717) is 38.6 Å². The third-order valence-electron chi connectivity index (χ3n) is 10.5. The molecule has 1 aromatic rings. The van der Waals surface area contributed by atoms with Crippen molar-refractivity contribution in [1.82, 2.24) is 15.1 Å². The lowest BCUT2D eigenvalue weighted by atomic mass is 9.70. The molecule has 0 radical (unpaired) electrons. The van der Waals surface area contributed by atoms with Gasteiger partial charge in [-0.1, -0.05) is 61.7 Å². The summed E-state index contributed by atoms with van der Waals surface area (Å²) in [5.41, 5.74) is -0.414. The molecule has 1 saturated carbocycles. The number of carbonyl (C=O) groups excluding carboxylic acids is 4. The number of allylic oxidation sites excluding steroid dienone is 1. The first-order chi connectivity index (χ1) is 22.8. The zero-order chi connectivity index (χ0) is 33.6. The van der Waals surface area contributed by atoms with Gasteiger partial charge in [-0.3, -0.25) is 19.2 Å². The van der Waals surface area contributed by atoms with Crippen LogP contribution < -0.4 is 5.32 Å². The molecule has 7 atom stereocenters. The summed E-state index contributed by atoms with van der Waals surface area (Å²) in [5.74, 6) is -2.90. The number of amides is 3. The molecule has 4 fully saturated rings. The Morgan fingerprint density at radius 2 is 1.87 bits per heavy atom. The predicted molar refractivity (Wildman–Crippen MR) is 177 cm³/mol. The number of ether oxygens (including phenoxy) is 2. The number of likely N-dealkylation sites (tertiary alicyclic amines) is 1. The highest BCUT2D eigenvalue weighted by Gasteiger charge is 2.75. The number of nitrogens with one attached hydrogen (secondary N) is 1. The molecule has 1 spiro atoms. The van der Waals surface area contributed by atoms with Crippen LogP contribution in [0.1, 0.15) is 89.2 Å². The second-order valence-corrected chi connectivity index (χ2v) is 13.5. The lowest BCUT2D eigenvalue weighted by Crippen LogP contribution is -2.58. The van der Waals surface area contributed by atoms with Gasteiger partial charge < -0.3 is 29.7 Å². The quantitative estimate of drug-likeness (QED) is 0.156. The standard InChI is InChI=1S/C37H51N3O7/c1-4-6-19-29(42)38-25(3)32(26-15-9-7-10-16-26)46-36(45)30-28-20-21-37(47-28)31(30)34(43)40(23-13-14-24-41)33(37)35(44)39(22-5-2)27-17-11-8-12-18-27/h4-5,7,9-10,15-16,25,27-28,30-33,41H,1-2,6,8,11-14,17-24H2,3H3,(H,38,42)/t25-,28+,30-,31-,32-,33+,37-/m1/s1. The number of nitrogens with zero attached hydrogens (tertiary/aromatic N) is 2. The number of carbonyl (C=O) groups is 4. The van der Waals surface area contributed by atoms with E-state index in [1.165, 1.54) is 0 Å². The second-order valence-electron chi connectivity index (χ2n) is 13.5. The summed E-state index contributed by atoms with van der Waals surface area (Å²) >= 11 is 0. The molecule has 3 amide bonds. The Balaban J connectivity index is 1.44. The van der Waals surface area contributed by atoms with Crippen molar-refractivity contribution in [3.8, 4) is 0 Å². The Kier molecular flexibility index (Phi) is 11.6. The van der Waals surface area contributed by atoms with Crippen molar-refractivity contribution < 1.29 is 33.8 Å². The van der Waals surface area contributed by atoms with Gasteiger partial charge in [0.05, 0.1) is 24.0 Å². The molecule has 1 aromatic carbocycles. The zero-order valence-electron chi connectivity index (χ0n) is 27.7. The van der Waals surface area contributed by atoms with Gasteiger partial charge in [0.2, 0.25) is 17.7 Å². The Bertz CT molecular complexity index is 1300. The molecule has 3 aliphatic heterocycles. The molecular weight excluding hydrogens is 598 g/mol. The van der Waals surface area contributed by atoms with Gasteiger partial charge in [0.25, 0.3) is 0 Å². The van der Waals surface area contributed by atoms with Gasteiger partial charge in [-0.2, -0.15) is 0 Å². The smallest absolute Gasteiger partial charge is 0.313 e. The molecular formula is C37H51N3O7. The maximum atomic E-state index is 14.6. The van der Waals surface area contributed by atoms with Crippen molar-refractivity contribution in [3.05, 3.63) is 61.2 Å². The van der Waals surface area contributed by atoms with Crippen LogP contribution in [0.25, 0.3) is 0 Å². The molecule has 256 valence electrons. The van der Waals surface area contributed by atoms with Crippen LogP contribution in [0.3, 0.4) is 0 Å². The number of benzene rings is 1. The molecule has 3 saturated heterocycles. The number of esters is 1. The summed E-state index contributed by atoms with van der Waals surface area (Å²) < 4.78 is 12.9. The Morgan fingerprint density at radius 1 is 1.13 bits per heavy atom. The lowest BCUT2D eigenvalue weighted by Gasteiger charge is -2.40. The maximum absolute atomic E-state index is 14.6. The molecule has 2 bridgehead atoms. The van der Waals surface area contributed by atoms with E-state index in [-0.39, 0.29) is 43.3 Å². The molecule has 4 aliphatic rings. The van der Waals surface area contributed by atoms with E-state index in [1.807, 2.05) is 35.2 Å². The third-order valence-corrected chi connectivity index (χ3v) is 10.5. The normalized spacial score (nSPS) is 28.0. The van der Waals surface area contributed by atoms with Crippen LogP contribution in [0.15, 0.2) is 55.6 Å². The second kappa shape index (κ2) is 15.6. The van der Waals surface area contributed by atoms with E-state index in [9.17, 15) is 24.3 Å². The first-order valence-electron chi connectivity index (χ1n) is 17.4. The largest absolute Gasteiger partial charge is 0.455 e. The molecule has 2 N–H and O–H groups in total. The first kappa shape index (κ1) is 34.8. The molecule has 5 rings (SSSR count). The minimum Gasteiger partial charge on any atom is -0.455 e. The zero-order valence-corrected chi connectivity index (χ0v) is 27.7. The Labute approximate surface area is 278 Å². The van der Waals surface area contributed by atoms with E-state index in [2.05, 4.69) is 18.5 Å². The van der Waals surface area contributed by atoms with E-state index >= 15 is 0 Å². The fourth-order valence-electron chi connectivity index (χ4n) is 8.38. The lowest BCUT2D eigenvalue weighted by molar-refractivity contribution is -0.162. The van der Waals surface area contributed by atoms with Crippen LogP contribution >= 0.6 is 0 Å². The van der Waals surface area contributed by atoms with Crippen molar-refractivity contribution in [3.63, 3.8) is 0 Å². The summed E-state index contributed by atoms with van der Waals surface area (Å²) in [6.45, 7) is 10.1. The molecule has 10 heteroatoms. The maximum Gasteiger partial charge on any atom is 0.313 e.